The van der Waals surface area contributed by atoms with Gasteiger partial charge in [-0.1, -0.05) is 43.2 Å². The Kier molecular flexibility index (Phi) is 6.88. The van der Waals surface area contributed by atoms with Gasteiger partial charge in [0.15, 0.2) is 0 Å². The third-order valence-electron chi connectivity index (χ3n) is 5.19. The van der Waals surface area contributed by atoms with E-state index in [-0.39, 0.29) is 11.9 Å². The fourth-order valence-electron chi connectivity index (χ4n) is 3.78. The number of ether oxygens (including phenoxy) is 1. The first-order valence-electron chi connectivity index (χ1n) is 9.84. The highest BCUT2D eigenvalue weighted by atomic mass is 16.5. The molecule has 0 spiro atoms. The van der Waals surface area contributed by atoms with Crippen LogP contribution in [0.5, 0.6) is 5.75 Å². The molecule has 1 N–H and O–H groups in total. The quantitative estimate of drug-likeness (QED) is 0.802. The van der Waals surface area contributed by atoms with Gasteiger partial charge in [0.1, 0.15) is 12.4 Å². The monoisotopic (exact) mass is 366 g/mol. The maximum atomic E-state index is 12.7. The van der Waals surface area contributed by atoms with E-state index in [1.165, 1.54) is 19.3 Å². The van der Waals surface area contributed by atoms with Crippen LogP contribution in [0.4, 0.5) is 0 Å². The lowest BCUT2D eigenvalue weighted by atomic mass is 9.84. The summed E-state index contributed by atoms with van der Waals surface area (Å²) in [5.74, 6) is 1.32. The molecule has 27 heavy (non-hydrogen) atoms. The van der Waals surface area contributed by atoms with Crippen molar-refractivity contribution in [2.45, 2.75) is 38.3 Å². The van der Waals surface area contributed by atoms with Crippen molar-refractivity contribution in [3.05, 3.63) is 65.7 Å². The predicted octanol–water partition coefficient (Wildman–Crippen LogP) is 4.12. The van der Waals surface area contributed by atoms with Gasteiger partial charge in [0.2, 0.25) is 0 Å². The third-order valence-corrected chi connectivity index (χ3v) is 5.19. The first-order valence-corrected chi connectivity index (χ1v) is 9.84. The molecule has 0 saturated heterocycles. The van der Waals surface area contributed by atoms with Crippen molar-refractivity contribution in [2.24, 2.45) is 5.92 Å². The van der Waals surface area contributed by atoms with E-state index in [4.69, 9.17) is 4.74 Å². The molecule has 2 aromatic carbocycles. The van der Waals surface area contributed by atoms with Crippen molar-refractivity contribution < 1.29 is 9.53 Å². The number of amides is 1. The van der Waals surface area contributed by atoms with Crippen LogP contribution in [0.3, 0.4) is 0 Å². The fourth-order valence-corrected chi connectivity index (χ4v) is 3.78. The number of carbonyl (C=O) groups excluding carboxylic acids is 1. The number of benzene rings is 2. The van der Waals surface area contributed by atoms with Crippen molar-refractivity contribution in [1.29, 1.82) is 0 Å². The number of hydrogen-bond acceptors (Lipinski definition) is 3. The van der Waals surface area contributed by atoms with E-state index in [1.807, 2.05) is 54.6 Å². The second-order valence-corrected chi connectivity index (χ2v) is 7.69. The number of hydrogen-bond donors (Lipinski definition) is 1. The van der Waals surface area contributed by atoms with E-state index in [0.29, 0.717) is 18.1 Å². The average Bonchev–Trinajstić information content (AvgIpc) is 2.69. The van der Waals surface area contributed by atoms with Crippen molar-refractivity contribution in [3.8, 4) is 5.75 Å². The van der Waals surface area contributed by atoms with Gasteiger partial charge >= 0.3 is 0 Å². The molecule has 1 fully saturated rings. The van der Waals surface area contributed by atoms with E-state index in [2.05, 4.69) is 24.3 Å². The van der Waals surface area contributed by atoms with Gasteiger partial charge in [0.25, 0.3) is 5.91 Å². The van der Waals surface area contributed by atoms with E-state index in [0.717, 1.165) is 24.3 Å². The summed E-state index contributed by atoms with van der Waals surface area (Å²) in [6.45, 7) is 1.55. The van der Waals surface area contributed by atoms with Gasteiger partial charge in [-0.15, -0.1) is 0 Å². The molecule has 1 saturated carbocycles. The molecule has 3 rings (SSSR count). The van der Waals surface area contributed by atoms with Gasteiger partial charge in [-0.25, -0.2) is 0 Å². The Morgan fingerprint density at radius 2 is 1.74 bits per heavy atom. The molecule has 0 heterocycles. The van der Waals surface area contributed by atoms with Crippen LogP contribution in [0.25, 0.3) is 0 Å². The van der Waals surface area contributed by atoms with Crippen LogP contribution in [0, 0.1) is 5.92 Å². The van der Waals surface area contributed by atoms with Gasteiger partial charge in [0, 0.05) is 18.2 Å². The molecule has 0 radical (unpaired) electrons. The molecule has 1 aliphatic rings. The van der Waals surface area contributed by atoms with E-state index >= 15 is 0 Å². The molecule has 0 bridgehead atoms. The summed E-state index contributed by atoms with van der Waals surface area (Å²) in [4.78, 5) is 14.9. The molecule has 0 aliphatic heterocycles. The maximum absolute atomic E-state index is 12.7. The Morgan fingerprint density at radius 1 is 1.04 bits per heavy atom. The van der Waals surface area contributed by atoms with Gasteiger partial charge in [-0.05, 0) is 62.7 Å². The highest BCUT2D eigenvalue weighted by molar-refractivity contribution is 5.94. The lowest BCUT2D eigenvalue weighted by Crippen LogP contribution is -2.45. The van der Waals surface area contributed by atoms with Crippen LogP contribution < -0.4 is 10.1 Å². The first kappa shape index (κ1) is 19.4. The van der Waals surface area contributed by atoms with E-state index in [9.17, 15) is 4.79 Å². The summed E-state index contributed by atoms with van der Waals surface area (Å²) in [5, 5.41) is 3.26. The maximum Gasteiger partial charge on any atom is 0.251 e. The number of nitrogens with one attached hydrogen (secondary N) is 1. The molecule has 2 unspecified atom stereocenters. The summed E-state index contributed by atoms with van der Waals surface area (Å²) in [5.41, 5.74) is 1.82. The number of nitrogens with zero attached hydrogens (tertiary/aromatic N) is 1. The van der Waals surface area contributed by atoms with Crippen LogP contribution in [0.2, 0.25) is 0 Å². The zero-order valence-corrected chi connectivity index (χ0v) is 16.4. The molecule has 4 nitrogen and oxygen atoms in total. The zero-order chi connectivity index (χ0) is 19.1. The summed E-state index contributed by atoms with van der Waals surface area (Å²) in [6, 6.07) is 17.8. The summed E-state index contributed by atoms with van der Waals surface area (Å²) in [7, 11) is 4.20. The molecular formula is C23H30N2O2. The molecule has 2 atom stereocenters. The minimum Gasteiger partial charge on any atom is -0.489 e. The van der Waals surface area contributed by atoms with Crippen molar-refractivity contribution in [1.82, 2.24) is 10.2 Å². The largest absolute Gasteiger partial charge is 0.489 e. The minimum atomic E-state index is 0.0141. The smallest absolute Gasteiger partial charge is 0.251 e. The summed E-state index contributed by atoms with van der Waals surface area (Å²) >= 11 is 0. The highest BCUT2D eigenvalue weighted by Crippen LogP contribution is 2.25. The van der Waals surface area contributed by atoms with Crippen LogP contribution in [-0.2, 0) is 6.61 Å². The molecule has 0 aromatic heterocycles. The van der Waals surface area contributed by atoms with Crippen LogP contribution in [0.15, 0.2) is 54.6 Å². The second-order valence-electron chi connectivity index (χ2n) is 7.69. The Labute approximate surface area is 162 Å². The van der Waals surface area contributed by atoms with Crippen molar-refractivity contribution in [2.75, 3.05) is 20.6 Å². The first-order chi connectivity index (χ1) is 13.1. The number of carbonyl (C=O) groups is 1. The molecule has 1 aliphatic carbocycles. The molecule has 1 amide bonds. The van der Waals surface area contributed by atoms with Crippen molar-refractivity contribution >= 4 is 5.91 Å². The standard InChI is InChI=1S/C23H30N2O2/c1-25(2)16-20-10-6-7-11-22(20)24-23(26)19-12-14-21(15-13-19)27-17-18-8-4-3-5-9-18/h3-5,8-9,12-15,20,22H,6-7,10-11,16-17H2,1-2H3,(H,24,26). The molecule has 144 valence electrons. The summed E-state index contributed by atoms with van der Waals surface area (Å²) < 4.78 is 5.80. The topological polar surface area (TPSA) is 41.6 Å². The van der Waals surface area contributed by atoms with Gasteiger partial charge in [-0.3, -0.25) is 4.79 Å². The lowest BCUT2D eigenvalue weighted by Gasteiger charge is -2.34. The lowest BCUT2D eigenvalue weighted by molar-refractivity contribution is 0.0895. The average molecular weight is 367 g/mol. The normalized spacial score (nSPS) is 19.7. The van der Waals surface area contributed by atoms with Crippen molar-refractivity contribution in [3.63, 3.8) is 0 Å². The number of rotatable bonds is 7. The fraction of sp³-hybridized carbons (Fsp3) is 0.435. The predicted molar refractivity (Wildman–Crippen MR) is 109 cm³/mol. The second kappa shape index (κ2) is 9.56. The van der Waals surface area contributed by atoms with Gasteiger partial charge in [-0.2, -0.15) is 0 Å². The van der Waals surface area contributed by atoms with Crippen LogP contribution in [-0.4, -0.2) is 37.5 Å². The van der Waals surface area contributed by atoms with Crippen LogP contribution in [0.1, 0.15) is 41.6 Å². The highest BCUT2D eigenvalue weighted by Gasteiger charge is 2.27. The Morgan fingerprint density at radius 3 is 2.44 bits per heavy atom. The van der Waals surface area contributed by atoms with Crippen LogP contribution >= 0.6 is 0 Å². The SMILES string of the molecule is CN(C)CC1CCCCC1NC(=O)c1ccc(OCc2ccccc2)cc1. The Balaban J connectivity index is 1.55. The van der Waals surface area contributed by atoms with Gasteiger partial charge < -0.3 is 15.0 Å². The Bertz CT molecular complexity index is 713. The Hall–Kier alpha value is -2.33. The minimum absolute atomic E-state index is 0.0141. The van der Waals surface area contributed by atoms with E-state index in [1.54, 1.807) is 0 Å². The van der Waals surface area contributed by atoms with E-state index < -0.39 is 0 Å². The molecule has 4 heteroatoms. The third kappa shape index (κ3) is 5.83. The molecular weight excluding hydrogens is 336 g/mol. The zero-order valence-electron chi connectivity index (χ0n) is 16.4. The van der Waals surface area contributed by atoms with Gasteiger partial charge in [0.05, 0.1) is 0 Å². The molecule has 2 aromatic rings. The summed E-state index contributed by atoms with van der Waals surface area (Å²) in [6.07, 6.45) is 4.72.